The molecule has 11 nitrogen and oxygen atoms in total. The van der Waals surface area contributed by atoms with Gasteiger partial charge in [-0.25, -0.2) is 0 Å². The molecule has 2 amide bonds. The largest absolute Gasteiger partial charge is 0.388 e. The third-order valence-electron chi connectivity index (χ3n) is 6.66. The summed E-state index contributed by atoms with van der Waals surface area (Å²) in [7, 11) is 1.45. The van der Waals surface area contributed by atoms with E-state index in [4.69, 9.17) is 9.47 Å². The van der Waals surface area contributed by atoms with Gasteiger partial charge < -0.3 is 34.8 Å². The number of methoxy groups -OCH3 is 1. The highest BCUT2D eigenvalue weighted by Crippen LogP contribution is 2.17. The van der Waals surface area contributed by atoms with Crippen LogP contribution in [0, 0.1) is 5.92 Å². The third-order valence-corrected chi connectivity index (χ3v) is 6.66. The number of hydrogen-bond acceptors (Lipinski definition) is 8. The lowest BCUT2D eigenvalue weighted by Crippen LogP contribution is -2.54. The molecule has 0 aromatic carbocycles. The number of amides is 2. The summed E-state index contributed by atoms with van der Waals surface area (Å²) in [6, 6.07) is 1.70. The second kappa shape index (κ2) is 16.7. The number of aliphatic hydroxyl groups excluding tert-OH is 2. The van der Waals surface area contributed by atoms with Crippen LogP contribution in [0.5, 0.6) is 0 Å². The number of hydrogen-bond donors (Lipinski definition) is 3. The highest BCUT2D eigenvalue weighted by Gasteiger charge is 2.32. The Labute approximate surface area is 221 Å². The predicted molar refractivity (Wildman–Crippen MR) is 140 cm³/mol. The van der Waals surface area contributed by atoms with Crippen LogP contribution >= 0.6 is 0 Å². The molecule has 1 aliphatic rings. The first kappa shape index (κ1) is 31.2. The number of aromatic nitrogens is 2. The van der Waals surface area contributed by atoms with Gasteiger partial charge in [0.1, 0.15) is 18.3 Å². The Morgan fingerprint density at radius 1 is 1.24 bits per heavy atom. The molecule has 1 fully saturated rings. The maximum atomic E-state index is 13.4. The van der Waals surface area contributed by atoms with Gasteiger partial charge in [0.15, 0.2) is 0 Å². The van der Waals surface area contributed by atoms with Gasteiger partial charge in [-0.05, 0) is 44.2 Å². The molecule has 1 saturated heterocycles. The smallest absolute Gasteiger partial charge is 0.236 e. The van der Waals surface area contributed by atoms with Crippen LogP contribution in [0.15, 0.2) is 18.5 Å². The zero-order valence-corrected chi connectivity index (χ0v) is 22.9. The fraction of sp³-hybridized carbons (Fsp3) is 0.808. The van der Waals surface area contributed by atoms with E-state index >= 15 is 0 Å². The van der Waals surface area contributed by atoms with Crippen molar-refractivity contribution in [3.05, 3.63) is 18.5 Å². The highest BCUT2D eigenvalue weighted by atomic mass is 16.5. The molecule has 2 rings (SSSR count). The maximum absolute atomic E-state index is 13.4. The zero-order valence-electron chi connectivity index (χ0n) is 22.9. The number of rotatable bonds is 9. The molecule has 37 heavy (non-hydrogen) atoms. The van der Waals surface area contributed by atoms with Gasteiger partial charge in [0, 0.05) is 65.3 Å². The van der Waals surface area contributed by atoms with E-state index in [2.05, 4.69) is 24.3 Å². The summed E-state index contributed by atoms with van der Waals surface area (Å²) in [5.41, 5.74) is 0. The van der Waals surface area contributed by atoms with E-state index in [0.29, 0.717) is 38.6 Å². The van der Waals surface area contributed by atoms with Crippen molar-refractivity contribution in [3.63, 3.8) is 0 Å². The summed E-state index contributed by atoms with van der Waals surface area (Å²) in [6.07, 6.45) is 3.58. The standard InChI is InChI=1S/C26H47N5O6/c1-20(2)15-22-17-29(21(3)32)18-24(36-4)26(35)23(33)19-37-14-6-5-13-31(22)25(34)16-27-9-7-11-30-12-8-10-28-30/h8,10,12,20,22-24,26-27,33,35H,5-7,9,11,13-19H2,1-4H3/t22-,23-,24-,26-/m1/s1. The number of nitrogens with zero attached hydrogens (tertiary/aromatic N) is 4. The number of carbonyl (C=O) groups is 2. The second-order valence-electron chi connectivity index (χ2n) is 10.2. The van der Waals surface area contributed by atoms with Gasteiger partial charge in [0.25, 0.3) is 0 Å². The van der Waals surface area contributed by atoms with Crippen molar-refractivity contribution in [2.75, 3.05) is 53.0 Å². The topological polar surface area (TPSA) is 129 Å². The quantitative estimate of drug-likeness (QED) is 0.398. The summed E-state index contributed by atoms with van der Waals surface area (Å²) in [6.45, 7) is 8.75. The molecule has 1 aliphatic heterocycles. The molecule has 0 saturated carbocycles. The molecular formula is C26H47N5O6. The fourth-order valence-electron chi connectivity index (χ4n) is 4.61. The lowest BCUT2D eigenvalue weighted by molar-refractivity contribution is -0.142. The molecule has 212 valence electrons. The van der Waals surface area contributed by atoms with Crippen LogP contribution in [0.1, 0.15) is 46.5 Å². The zero-order chi connectivity index (χ0) is 27.2. The Morgan fingerprint density at radius 3 is 2.68 bits per heavy atom. The number of ether oxygens (including phenoxy) is 2. The van der Waals surface area contributed by atoms with E-state index in [0.717, 1.165) is 25.8 Å². The Hall–Kier alpha value is -2.05. The summed E-state index contributed by atoms with van der Waals surface area (Å²) in [4.78, 5) is 29.6. The van der Waals surface area contributed by atoms with Crippen LogP contribution in [0.2, 0.25) is 0 Å². The van der Waals surface area contributed by atoms with Crippen LogP contribution in [-0.4, -0.2) is 119 Å². The van der Waals surface area contributed by atoms with Crippen molar-refractivity contribution >= 4 is 11.8 Å². The second-order valence-corrected chi connectivity index (χ2v) is 10.2. The molecular weight excluding hydrogens is 478 g/mol. The van der Waals surface area contributed by atoms with Crippen LogP contribution in [0.25, 0.3) is 0 Å². The van der Waals surface area contributed by atoms with Crippen molar-refractivity contribution in [2.24, 2.45) is 5.92 Å². The van der Waals surface area contributed by atoms with Crippen LogP contribution < -0.4 is 5.32 Å². The lowest BCUT2D eigenvalue weighted by Gasteiger charge is -2.38. The van der Waals surface area contributed by atoms with Crippen LogP contribution in [0.3, 0.4) is 0 Å². The van der Waals surface area contributed by atoms with E-state index in [1.54, 1.807) is 11.1 Å². The van der Waals surface area contributed by atoms with Gasteiger partial charge in [0.05, 0.1) is 13.2 Å². The third kappa shape index (κ3) is 11.1. The van der Waals surface area contributed by atoms with Crippen LogP contribution in [-0.2, 0) is 25.6 Å². The summed E-state index contributed by atoms with van der Waals surface area (Å²) in [5.74, 6) is 0.133. The lowest BCUT2D eigenvalue weighted by atomic mass is 10.00. The van der Waals surface area contributed by atoms with Gasteiger partial charge in [0.2, 0.25) is 11.8 Å². The molecule has 0 aliphatic carbocycles. The monoisotopic (exact) mass is 525 g/mol. The normalized spacial score (nSPS) is 24.7. The van der Waals surface area contributed by atoms with Crippen molar-refractivity contribution in [1.82, 2.24) is 24.9 Å². The maximum Gasteiger partial charge on any atom is 0.236 e. The van der Waals surface area contributed by atoms with Crippen molar-refractivity contribution in [3.8, 4) is 0 Å². The SMILES string of the molecule is CO[C@@H]1CN(C(C)=O)C[C@@H](CC(C)C)N(C(=O)CNCCCn2cccn2)CCCCOC[C@@H](O)[C@H]1O. The minimum atomic E-state index is -1.21. The average Bonchev–Trinajstić information content (AvgIpc) is 3.37. The molecule has 11 heteroatoms. The first-order chi connectivity index (χ1) is 17.7. The molecule has 1 aromatic heterocycles. The van der Waals surface area contributed by atoms with E-state index < -0.39 is 18.3 Å². The van der Waals surface area contributed by atoms with E-state index in [1.807, 2.05) is 21.8 Å². The molecule has 0 bridgehead atoms. The molecule has 0 radical (unpaired) electrons. The number of carbonyl (C=O) groups excluding carboxylic acids is 2. The molecule has 4 atom stereocenters. The predicted octanol–water partition coefficient (Wildman–Crippen LogP) is 0.502. The number of aliphatic hydroxyl groups is 2. The van der Waals surface area contributed by atoms with Gasteiger partial charge in [-0.1, -0.05) is 13.8 Å². The Bertz CT molecular complexity index is 778. The highest BCUT2D eigenvalue weighted by molar-refractivity contribution is 5.79. The Morgan fingerprint density at radius 2 is 2.03 bits per heavy atom. The molecule has 2 heterocycles. The van der Waals surface area contributed by atoms with Crippen molar-refractivity contribution in [2.45, 2.75) is 77.4 Å². The summed E-state index contributed by atoms with van der Waals surface area (Å²) in [5, 5.41) is 28.4. The van der Waals surface area contributed by atoms with E-state index in [1.165, 1.54) is 14.0 Å². The Balaban J connectivity index is 2.13. The molecule has 0 spiro atoms. The fourth-order valence-corrected chi connectivity index (χ4v) is 4.61. The molecule has 0 unspecified atom stereocenters. The van der Waals surface area contributed by atoms with Gasteiger partial charge in [-0.15, -0.1) is 0 Å². The summed E-state index contributed by atoms with van der Waals surface area (Å²) < 4.78 is 12.9. The van der Waals surface area contributed by atoms with Gasteiger partial charge in [-0.3, -0.25) is 14.3 Å². The first-order valence-corrected chi connectivity index (χ1v) is 13.4. The average molecular weight is 526 g/mol. The van der Waals surface area contributed by atoms with E-state index in [-0.39, 0.29) is 37.6 Å². The molecule has 3 N–H and O–H groups in total. The Kier molecular flexibility index (Phi) is 14.1. The van der Waals surface area contributed by atoms with Crippen LogP contribution in [0.4, 0.5) is 0 Å². The van der Waals surface area contributed by atoms with Crippen molar-refractivity contribution < 1.29 is 29.3 Å². The van der Waals surface area contributed by atoms with Gasteiger partial charge >= 0.3 is 0 Å². The van der Waals surface area contributed by atoms with Crippen molar-refractivity contribution in [1.29, 1.82) is 0 Å². The minimum Gasteiger partial charge on any atom is -0.388 e. The minimum absolute atomic E-state index is 0.00000205. The van der Waals surface area contributed by atoms with Gasteiger partial charge in [-0.2, -0.15) is 5.10 Å². The first-order valence-electron chi connectivity index (χ1n) is 13.4. The number of nitrogens with one attached hydrogen (secondary N) is 1. The number of aryl methyl sites for hydroxylation is 1. The summed E-state index contributed by atoms with van der Waals surface area (Å²) >= 11 is 0. The molecule has 1 aromatic rings. The van der Waals surface area contributed by atoms with E-state index in [9.17, 15) is 19.8 Å².